The Morgan fingerprint density at radius 3 is 2.33 bits per heavy atom. The molecule has 0 aromatic heterocycles. The zero-order chi connectivity index (χ0) is 23.9. The quantitative estimate of drug-likeness (QED) is 0.634. The largest absolute Gasteiger partial charge is 0.393 e. The predicted molar refractivity (Wildman–Crippen MR) is 45.9 cm³/mol. The molecule has 1 heterocycles. The lowest BCUT2D eigenvalue weighted by atomic mass is 9.84. The molecule has 3 heteroatoms. The van der Waals surface area contributed by atoms with E-state index >= 15 is 0 Å². The molecule has 0 aromatic carbocycles. The van der Waals surface area contributed by atoms with Crippen molar-refractivity contribution in [3.63, 3.8) is 0 Å². The molecule has 0 amide bonds. The second-order valence-electron chi connectivity index (χ2n) is 2.38. The van der Waals surface area contributed by atoms with E-state index in [-0.39, 0.29) is 0 Å². The van der Waals surface area contributed by atoms with Gasteiger partial charge in [-0.25, -0.2) is 0 Å². The van der Waals surface area contributed by atoms with Gasteiger partial charge in [0.15, 0.2) is 0 Å². The summed E-state index contributed by atoms with van der Waals surface area (Å²) in [6, 6.07) is 0. The number of nitrogens with zero attached hydrogens (tertiary/aromatic N) is 1. The molecule has 1 radical (unpaired) electrons. The highest BCUT2D eigenvalue weighted by Gasteiger charge is 2.45. The molecule has 1 aliphatic rings. The molecule has 1 rings (SSSR count). The Labute approximate surface area is 97.9 Å². The van der Waals surface area contributed by atoms with Crippen LogP contribution in [0, 0.1) is 0 Å². The number of hydroxylamine groups is 2. The number of aliphatic hydroxyl groups is 1. The molecule has 12 heavy (non-hydrogen) atoms. The van der Waals surface area contributed by atoms with Gasteiger partial charge in [-0.3, -0.25) is 0 Å². The molecule has 1 aliphatic heterocycles. The Kier molecular flexibility index (Phi) is 0.378. The maximum atomic E-state index is 13.3. The van der Waals surface area contributed by atoms with Gasteiger partial charge >= 0.3 is 0 Å². The van der Waals surface area contributed by atoms with Crippen molar-refractivity contribution in [3.05, 3.63) is 0 Å². The predicted octanol–water partition coefficient (Wildman–Crippen LogP) is 1.35. The van der Waals surface area contributed by atoms with E-state index < -0.39 is 62.4 Å². The van der Waals surface area contributed by atoms with Crippen LogP contribution in [0.1, 0.15) is 62.1 Å². The topological polar surface area (TPSA) is 43.4 Å². The van der Waals surface area contributed by atoms with Crippen molar-refractivity contribution in [2.24, 2.45) is 0 Å². The minimum Gasteiger partial charge on any atom is -0.393 e. The van der Waals surface area contributed by atoms with Crippen LogP contribution >= 0.6 is 0 Å². The molecule has 3 nitrogen and oxygen atoms in total. The second-order valence-corrected chi connectivity index (χ2v) is 2.38. The van der Waals surface area contributed by atoms with Gasteiger partial charge in [0, 0.05) is 33.0 Å². The van der Waals surface area contributed by atoms with Crippen LogP contribution in [0.25, 0.3) is 0 Å². The monoisotopic (exact) mass is 190 g/mol. The van der Waals surface area contributed by atoms with E-state index in [1.165, 1.54) is 0 Å². The molecule has 1 fully saturated rings. The molecular formula is C9H18NO2. The lowest BCUT2D eigenvalue weighted by molar-refractivity contribution is -0.298. The molecule has 0 unspecified atom stereocenters. The van der Waals surface area contributed by atoms with Crippen molar-refractivity contribution < 1.29 is 32.2 Å². The van der Waals surface area contributed by atoms with Gasteiger partial charge in [0.2, 0.25) is 1.43 Å². The molecule has 0 atom stereocenters. The van der Waals surface area contributed by atoms with Crippen LogP contribution in [-0.4, -0.2) is 28.8 Å². The summed E-state index contributed by atoms with van der Waals surface area (Å²) in [5, 5.41) is 15.7. The second kappa shape index (κ2) is 2.69. The first-order valence-electron chi connectivity index (χ1n) is 11.4. The van der Waals surface area contributed by atoms with E-state index in [9.17, 15) is 5.21 Å². The zero-order valence-electron chi connectivity index (χ0n) is 22.8. The van der Waals surface area contributed by atoms with Gasteiger partial charge in [-0.2, -0.15) is 0 Å². The SMILES string of the molecule is [2H]OC1C([2H])([2H])C(C([2H])([2H])[2H])(C([2H])([2H])[2H])[15N]([O])C(C([2H])([2H])[2H])(C([2H])([2H])[2H])C1([2H])[2H]. The average molecular weight is 190 g/mol. The number of aliphatic hydroxyl groups excluding tert-OH is 1. The minimum atomic E-state index is -4.41. The van der Waals surface area contributed by atoms with E-state index in [1.54, 1.807) is 0 Å². The van der Waals surface area contributed by atoms with Crippen molar-refractivity contribution in [1.29, 1.82) is 1.43 Å². The highest BCUT2D eigenvalue weighted by Crippen LogP contribution is 2.36. The molecule has 0 aliphatic carbocycles. The van der Waals surface area contributed by atoms with Crippen molar-refractivity contribution >= 4 is 0 Å². The van der Waals surface area contributed by atoms with E-state index in [0.29, 0.717) is 0 Å². The summed E-state index contributed by atoms with van der Waals surface area (Å²) in [4.78, 5) is 0. The smallest absolute Gasteiger partial charge is 0.210 e. The summed E-state index contributed by atoms with van der Waals surface area (Å²) < 4.78 is 130. The first-order valence-corrected chi connectivity index (χ1v) is 2.94. The molecule has 71 valence electrons. The maximum absolute atomic E-state index is 13.3. The maximum Gasteiger partial charge on any atom is 0.210 e. The fraction of sp³-hybridized carbons (Fsp3) is 1.00. The zero-order valence-corrected chi connectivity index (χ0v) is 5.84. The third-order valence-corrected chi connectivity index (χ3v) is 1.29. The summed E-state index contributed by atoms with van der Waals surface area (Å²) in [5.74, 6) is 0. The standard InChI is InChI=1S/C9H18NO2/c1-8(2)5-7(11)6-9(3,4)10(8)12/h7,11H,5-6H2,1-4H3/i1D3,2D3,3D3,4D3,5D2,6D2,10+1,11D. The van der Waals surface area contributed by atoms with Crippen LogP contribution in [0.15, 0.2) is 0 Å². The summed E-state index contributed by atoms with van der Waals surface area (Å²) in [6.07, 6.45) is -11.3. The highest BCUT2D eigenvalue weighted by molar-refractivity contribution is 4.95. The van der Waals surface area contributed by atoms with E-state index in [2.05, 4.69) is 5.11 Å². The summed E-state index contributed by atoms with van der Waals surface area (Å²) in [5.41, 5.74) is -8.82. The van der Waals surface area contributed by atoms with Crippen molar-refractivity contribution in [2.75, 3.05) is 0 Å². The number of piperidine rings is 1. The molecule has 0 aromatic rings. The van der Waals surface area contributed by atoms with Crippen LogP contribution in [0.5, 0.6) is 0 Å². The number of hydrogen-bond acceptors (Lipinski definition) is 2. The third kappa shape index (κ3) is 1.63. The minimum absolute atomic E-state index is 1.48. The Morgan fingerprint density at radius 2 is 2.00 bits per heavy atom. The van der Waals surface area contributed by atoms with Gasteiger partial charge < -0.3 is 5.11 Å². The summed E-state index contributed by atoms with van der Waals surface area (Å²) in [6.45, 7) is -16.8. The van der Waals surface area contributed by atoms with E-state index in [4.69, 9.17) is 23.4 Å². The molecule has 1 saturated heterocycles. The summed E-state index contributed by atoms with van der Waals surface area (Å²) >= 11 is 0. The van der Waals surface area contributed by atoms with Crippen LogP contribution in [0.3, 0.4) is 0 Å². The average Bonchev–Trinajstić information content (AvgIpc) is 2.29. The Balaban J connectivity index is 4.44. The van der Waals surface area contributed by atoms with Crippen molar-refractivity contribution in [3.8, 4) is 0 Å². The molecule has 0 bridgehead atoms. The summed E-state index contributed by atoms with van der Waals surface area (Å²) in [7, 11) is 0. The number of rotatable bonds is 1. The van der Waals surface area contributed by atoms with Crippen LogP contribution in [0.2, 0.25) is 0 Å². The van der Waals surface area contributed by atoms with Gasteiger partial charge in [-0.15, -0.1) is 10.3 Å². The fourth-order valence-corrected chi connectivity index (χ4v) is 0.784. The van der Waals surface area contributed by atoms with Crippen LogP contribution in [0.4, 0.5) is 0 Å². The Morgan fingerprint density at radius 1 is 1.50 bits per heavy atom. The van der Waals surface area contributed by atoms with Crippen molar-refractivity contribution in [1.82, 2.24) is 5.06 Å². The van der Waals surface area contributed by atoms with E-state index in [1.807, 2.05) is 0 Å². The molecular weight excluding hydrogens is 155 g/mol. The van der Waals surface area contributed by atoms with Gasteiger partial charge in [0.25, 0.3) is 0 Å². The highest BCUT2D eigenvalue weighted by atomic mass is 16.8. The fourth-order valence-electron chi connectivity index (χ4n) is 0.784. The lowest BCUT2D eigenvalue weighted by Crippen LogP contribution is -2.59. The molecule has 0 saturated carbocycles. The Hall–Kier alpha value is -0.120. The van der Waals surface area contributed by atoms with Gasteiger partial charge in [-0.05, 0) is 40.2 Å². The molecule has 1 N–H and O–H groups in total. The van der Waals surface area contributed by atoms with Crippen LogP contribution < -0.4 is 0 Å². The van der Waals surface area contributed by atoms with Crippen molar-refractivity contribution in [2.45, 2.75) is 57.3 Å². The van der Waals surface area contributed by atoms with Gasteiger partial charge in [0.1, 0.15) is 0 Å². The number of hydrogen-bond donors (Lipinski definition) is 1. The van der Waals surface area contributed by atoms with Crippen LogP contribution in [-0.2, 0) is 5.21 Å². The lowest BCUT2D eigenvalue weighted by Gasteiger charge is -2.48. The van der Waals surface area contributed by atoms with E-state index in [0.717, 1.165) is 0 Å². The normalized spacial score (nSPS) is 63.9. The third-order valence-electron chi connectivity index (χ3n) is 1.29. The van der Waals surface area contributed by atoms with Gasteiger partial charge in [0.05, 0.1) is 6.10 Å². The van der Waals surface area contributed by atoms with Gasteiger partial charge in [-0.1, -0.05) is 0 Å². The molecule has 0 spiro atoms. The first kappa shape index (κ1) is 1.69. The first-order chi connectivity index (χ1) is 12.3. The Bertz CT molecular complexity index is 547.